The maximum atomic E-state index is 5.70. The Balaban J connectivity index is 1.76. The molecule has 0 aromatic heterocycles. The van der Waals surface area contributed by atoms with E-state index in [0.717, 1.165) is 25.7 Å². The monoisotopic (exact) mass is 330 g/mol. The van der Waals surface area contributed by atoms with E-state index in [2.05, 4.69) is 27.5 Å². The zero-order valence-electron chi connectivity index (χ0n) is 10.8. The van der Waals surface area contributed by atoms with Crippen molar-refractivity contribution >= 4 is 22.1 Å². The number of aliphatic imine (C=N–C) groups is 1. The molecule has 0 amide bonds. The minimum Gasteiger partial charge on any atom is -0.475 e. The van der Waals surface area contributed by atoms with E-state index in [1.165, 1.54) is 6.20 Å². The van der Waals surface area contributed by atoms with Gasteiger partial charge >= 0.3 is 0 Å². The van der Waals surface area contributed by atoms with Crippen molar-refractivity contribution in [3.63, 3.8) is 0 Å². The van der Waals surface area contributed by atoms with Crippen LogP contribution in [0.15, 0.2) is 28.1 Å². The lowest BCUT2D eigenvalue weighted by Gasteiger charge is -2.35. The van der Waals surface area contributed by atoms with Crippen LogP contribution in [0.2, 0.25) is 0 Å². The average Bonchev–Trinajstić information content (AvgIpc) is 2.87. The highest BCUT2D eigenvalue weighted by Crippen LogP contribution is 2.37. The van der Waals surface area contributed by atoms with Gasteiger partial charge in [0, 0.05) is 25.3 Å². The van der Waals surface area contributed by atoms with Crippen LogP contribution < -0.4 is 5.73 Å². The molecule has 0 radical (unpaired) electrons. The Kier molecular flexibility index (Phi) is 5.01. The van der Waals surface area contributed by atoms with Gasteiger partial charge in [-0.25, -0.2) is 4.99 Å². The number of nitrogens with two attached hydrogens (primary N) is 1. The third-order valence-corrected chi connectivity index (χ3v) is 3.77. The van der Waals surface area contributed by atoms with Crippen molar-refractivity contribution in [2.75, 3.05) is 13.2 Å². The van der Waals surface area contributed by atoms with Crippen LogP contribution in [0.3, 0.4) is 0 Å². The van der Waals surface area contributed by atoms with Gasteiger partial charge in [0.15, 0.2) is 5.79 Å². The number of allylic oxidation sites excluding steroid dienone is 1. The molecule has 0 aromatic carbocycles. The van der Waals surface area contributed by atoms with Gasteiger partial charge in [0.25, 0.3) is 0 Å². The molecule has 5 nitrogen and oxygen atoms in total. The first-order valence-corrected chi connectivity index (χ1v) is 7.18. The first-order chi connectivity index (χ1) is 9.13. The summed E-state index contributed by atoms with van der Waals surface area (Å²) >= 11 is 3.23. The molecule has 1 aliphatic heterocycles. The van der Waals surface area contributed by atoms with Crippen LogP contribution in [0.1, 0.15) is 25.7 Å². The third-order valence-electron chi connectivity index (χ3n) is 3.30. The van der Waals surface area contributed by atoms with Gasteiger partial charge in [-0.15, -0.1) is 0 Å². The fraction of sp³-hybridized carbons (Fsp3) is 0.615. The molecule has 1 spiro atoms. The predicted molar refractivity (Wildman–Crippen MR) is 76.8 cm³/mol. The van der Waals surface area contributed by atoms with E-state index in [-0.39, 0.29) is 11.9 Å². The highest BCUT2D eigenvalue weighted by atomic mass is 79.9. The van der Waals surface area contributed by atoms with Crippen molar-refractivity contribution in [2.24, 2.45) is 10.7 Å². The number of ether oxygens (including phenoxy) is 3. The van der Waals surface area contributed by atoms with Crippen molar-refractivity contribution in [1.29, 1.82) is 0 Å². The fourth-order valence-electron chi connectivity index (χ4n) is 2.33. The summed E-state index contributed by atoms with van der Waals surface area (Å²) in [6.45, 7) is 5.17. The summed E-state index contributed by atoms with van der Waals surface area (Å²) in [5.41, 5.74) is 5.31. The molecule has 0 aromatic rings. The normalized spacial score (nSPS) is 24.2. The van der Waals surface area contributed by atoms with Gasteiger partial charge in [0.05, 0.1) is 17.7 Å². The number of rotatable bonds is 4. The molecule has 0 unspecified atom stereocenters. The van der Waals surface area contributed by atoms with Crippen molar-refractivity contribution in [2.45, 2.75) is 37.6 Å². The molecule has 106 valence electrons. The average molecular weight is 331 g/mol. The Morgan fingerprint density at radius 3 is 2.58 bits per heavy atom. The smallest absolute Gasteiger partial charge is 0.205 e. The van der Waals surface area contributed by atoms with Gasteiger partial charge in [-0.2, -0.15) is 0 Å². The van der Waals surface area contributed by atoms with E-state index in [4.69, 9.17) is 19.9 Å². The lowest BCUT2D eigenvalue weighted by molar-refractivity contribution is -0.189. The van der Waals surface area contributed by atoms with Crippen LogP contribution in [0.4, 0.5) is 0 Å². The molecule has 1 saturated heterocycles. The lowest BCUT2D eigenvalue weighted by Crippen LogP contribution is -2.37. The highest BCUT2D eigenvalue weighted by Gasteiger charge is 2.40. The van der Waals surface area contributed by atoms with E-state index in [1.54, 1.807) is 6.21 Å². The van der Waals surface area contributed by atoms with Crippen LogP contribution >= 0.6 is 15.9 Å². The molecule has 2 rings (SSSR count). The van der Waals surface area contributed by atoms with Crippen LogP contribution in [0.5, 0.6) is 0 Å². The highest BCUT2D eigenvalue weighted by molar-refractivity contribution is 9.12. The van der Waals surface area contributed by atoms with Crippen molar-refractivity contribution in [3.05, 3.63) is 23.1 Å². The van der Waals surface area contributed by atoms with E-state index in [0.29, 0.717) is 23.6 Å². The van der Waals surface area contributed by atoms with Gasteiger partial charge in [-0.3, -0.25) is 0 Å². The Hall–Kier alpha value is -0.850. The second-order valence-electron chi connectivity index (χ2n) is 4.63. The molecule has 19 heavy (non-hydrogen) atoms. The van der Waals surface area contributed by atoms with E-state index < -0.39 is 0 Å². The molecular formula is C13H19BrN2O3. The molecule has 1 saturated carbocycles. The Labute approximate surface area is 121 Å². The van der Waals surface area contributed by atoms with Gasteiger partial charge in [0.2, 0.25) is 5.88 Å². The summed E-state index contributed by atoms with van der Waals surface area (Å²) in [6.07, 6.45) is 6.61. The van der Waals surface area contributed by atoms with Crippen LogP contribution in [0, 0.1) is 0 Å². The maximum absolute atomic E-state index is 5.70. The van der Waals surface area contributed by atoms with Crippen molar-refractivity contribution in [1.82, 2.24) is 0 Å². The Morgan fingerprint density at radius 1 is 1.37 bits per heavy atom. The molecule has 6 heteroatoms. The standard InChI is InChI=1S/C13H19BrN2O3/c1-10(16-9-11(14)8-15)19-12-2-4-13(5-3-12)17-6-7-18-13/h8-9,12H,1-7,15H2/b11-8+,16-9?. The second-order valence-corrected chi connectivity index (χ2v) is 5.54. The van der Waals surface area contributed by atoms with Crippen LogP contribution in [-0.4, -0.2) is 31.3 Å². The summed E-state index contributed by atoms with van der Waals surface area (Å²) in [6, 6.07) is 0. The van der Waals surface area contributed by atoms with Gasteiger partial charge in [-0.1, -0.05) is 0 Å². The quantitative estimate of drug-likeness (QED) is 0.635. The zero-order valence-corrected chi connectivity index (χ0v) is 12.4. The topological polar surface area (TPSA) is 66.1 Å². The third kappa shape index (κ3) is 4.06. The summed E-state index contributed by atoms with van der Waals surface area (Å²) in [4.78, 5) is 4.08. The minimum absolute atomic E-state index is 0.128. The van der Waals surface area contributed by atoms with Gasteiger partial charge in [0.1, 0.15) is 6.10 Å². The summed E-state index contributed by atoms with van der Waals surface area (Å²) in [7, 11) is 0. The molecule has 2 N–H and O–H groups in total. The van der Waals surface area contributed by atoms with Crippen LogP contribution in [-0.2, 0) is 14.2 Å². The first kappa shape index (κ1) is 14.6. The van der Waals surface area contributed by atoms with Crippen molar-refractivity contribution < 1.29 is 14.2 Å². The first-order valence-electron chi connectivity index (χ1n) is 6.38. The number of hydrogen-bond acceptors (Lipinski definition) is 5. The molecule has 1 heterocycles. The number of nitrogens with zero attached hydrogens (tertiary/aromatic N) is 1. The SMILES string of the molecule is C=C(N=C/C(Br)=C\N)OC1CCC2(CC1)OCCO2. The minimum atomic E-state index is -0.351. The zero-order chi connectivity index (χ0) is 13.7. The molecule has 2 aliphatic rings. The molecular weight excluding hydrogens is 312 g/mol. The summed E-state index contributed by atoms with van der Waals surface area (Å²) in [5, 5.41) is 0. The molecule has 1 aliphatic carbocycles. The Bertz CT molecular complexity index is 379. The largest absolute Gasteiger partial charge is 0.475 e. The molecule has 0 bridgehead atoms. The van der Waals surface area contributed by atoms with Crippen LogP contribution in [0.25, 0.3) is 0 Å². The summed E-state index contributed by atoms with van der Waals surface area (Å²) < 4.78 is 17.7. The molecule has 2 fully saturated rings. The fourth-order valence-corrected chi connectivity index (χ4v) is 2.44. The maximum Gasteiger partial charge on any atom is 0.205 e. The van der Waals surface area contributed by atoms with E-state index in [1.807, 2.05) is 0 Å². The van der Waals surface area contributed by atoms with Gasteiger partial charge < -0.3 is 19.9 Å². The predicted octanol–water partition coefficient (Wildman–Crippen LogP) is 2.43. The number of halogens is 1. The number of hydrogen-bond donors (Lipinski definition) is 1. The van der Waals surface area contributed by atoms with Gasteiger partial charge in [-0.05, 0) is 35.4 Å². The van der Waals surface area contributed by atoms with E-state index >= 15 is 0 Å². The second kappa shape index (κ2) is 6.54. The Morgan fingerprint density at radius 2 is 2.00 bits per heavy atom. The van der Waals surface area contributed by atoms with Crippen molar-refractivity contribution in [3.8, 4) is 0 Å². The van der Waals surface area contributed by atoms with E-state index in [9.17, 15) is 0 Å². The summed E-state index contributed by atoms with van der Waals surface area (Å²) in [5.74, 6) is 0.0449. The molecule has 0 atom stereocenters. The lowest BCUT2D eigenvalue weighted by atomic mass is 9.92.